The Balaban J connectivity index is 1.48. The van der Waals surface area contributed by atoms with Gasteiger partial charge in [0.15, 0.2) is 5.13 Å². The summed E-state index contributed by atoms with van der Waals surface area (Å²) in [5.41, 5.74) is 1.55. The van der Waals surface area contributed by atoms with Gasteiger partial charge < -0.3 is 10.2 Å². The van der Waals surface area contributed by atoms with E-state index in [0.29, 0.717) is 28.0 Å². The van der Waals surface area contributed by atoms with E-state index in [1.165, 1.54) is 22.7 Å². The van der Waals surface area contributed by atoms with Gasteiger partial charge in [0.25, 0.3) is 5.91 Å². The van der Waals surface area contributed by atoms with Crippen LogP contribution in [0, 0.1) is 0 Å². The van der Waals surface area contributed by atoms with Crippen molar-refractivity contribution in [2.24, 2.45) is 0 Å². The van der Waals surface area contributed by atoms with Crippen molar-refractivity contribution in [3.8, 4) is 11.3 Å². The second kappa shape index (κ2) is 7.80. The Hall–Kier alpha value is -2.22. The quantitative estimate of drug-likeness (QED) is 0.665. The fraction of sp³-hybridized carbons (Fsp3) is 0.211. The van der Waals surface area contributed by atoms with Crippen LogP contribution in [0.5, 0.6) is 0 Å². The molecule has 0 saturated carbocycles. The van der Waals surface area contributed by atoms with Gasteiger partial charge in [-0.05, 0) is 30.4 Å². The summed E-state index contributed by atoms with van der Waals surface area (Å²) in [5.74, 6) is -0.281. The Kier molecular flexibility index (Phi) is 5.24. The summed E-state index contributed by atoms with van der Waals surface area (Å²) < 4.78 is 0. The lowest BCUT2D eigenvalue weighted by Crippen LogP contribution is -2.42. The Labute approximate surface area is 169 Å². The van der Waals surface area contributed by atoms with Crippen molar-refractivity contribution < 1.29 is 9.59 Å². The second-order valence-corrected chi connectivity index (χ2v) is 8.35. The van der Waals surface area contributed by atoms with E-state index >= 15 is 0 Å². The lowest BCUT2D eigenvalue weighted by Gasteiger charge is -2.22. The monoisotopic (exact) mass is 417 g/mol. The van der Waals surface area contributed by atoms with Crippen LogP contribution in [0.3, 0.4) is 0 Å². The molecule has 0 aliphatic carbocycles. The highest BCUT2D eigenvalue weighted by atomic mass is 35.5. The van der Waals surface area contributed by atoms with Gasteiger partial charge in [0.05, 0.1) is 10.6 Å². The molecule has 3 heterocycles. The van der Waals surface area contributed by atoms with Crippen LogP contribution in [0.1, 0.15) is 22.5 Å². The number of halogens is 1. The number of nitrogens with one attached hydrogen (secondary N) is 1. The average Bonchev–Trinajstić information content (AvgIpc) is 3.42. The van der Waals surface area contributed by atoms with Crippen LogP contribution in [-0.2, 0) is 4.79 Å². The van der Waals surface area contributed by atoms with E-state index in [1.54, 1.807) is 17.0 Å². The first-order valence-electron chi connectivity index (χ1n) is 8.49. The highest BCUT2D eigenvalue weighted by molar-refractivity contribution is 7.14. The van der Waals surface area contributed by atoms with Crippen LogP contribution in [0.2, 0.25) is 5.02 Å². The van der Waals surface area contributed by atoms with Crippen molar-refractivity contribution >= 4 is 51.2 Å². The Morgan fingerprint density at radius 3 is 2.81 bits per heavy atom. The number of hydrogen-bond acceptors (Lipinski definition) is 5. The molecule has 0 bridgehead atoms. The summed E-state index contributed by atoms with van der Waals surface area (Å²) in [7, 11) is 0. The average molecular weight is 418 g/mol. The van der Waals surface area contributed by atoms with Gasteiger partial charge in [0, 0.05) is 22.5 Å². The number of nitrogens with zero attached hydrogens (tertiary/aromatic N) is 2. The lowest BCUT2D eigenvalue weighted by atomic mass is 10.2. The molecule has 0 unspecified atom stereocenters. The molecule has 2 aromatic heterocycles. The van der Waals surface area contributed by atoms with Gasteiger partial charge in [-0.25, -0.2) is 4.98 Å². The highest BCUT2D eigenvalue weighted by Gasteiger charge is 2.35. The molecule has 5 nitrogen and oxygen atoms in total. The molecule has 1 saturated heterocycles. The van der Waals surface area contributed by atoms with Gasteiger partial charge in [-0.1, -0.05) is 35.9 Å². The SMILES string of the molecule is O=C(Nc1nc(-c2ccccc2Cl)cs1)[C@@H]1CCCN1C(=O)c1cccs1. The fourth-order valence-electron chi connectivity index (χ4n) is 3.14. The molecule has 3 aromatic rings. The van der Waals surface area contributed by atoms with Gasteiger partial charge in [0.2, 0.25) is 5.91 Å². The van der Waals surface area contributed by atoms with Gasteiger partial charge in [-0.15, -0.1) is 22.7 Å². The van der Waals surface area contributed by atoms with E-state index in [0.717, 1.165) is 17.7 Å². The number of anilines is 1. The fourth-order valence-corrected chi connectivity index (χ4v) is 4.76. The molecule has 1 fully saturated rings. The van der Waals surface area contributed by atoms with Crippen LogP contribution < -0.4 is 5.32 Å². The van der Waals surface area contributed by atoms with Gasteiger partial charge in [-0.2, -0.15) is 0 Å². The van der Waals surface area contributed by atoms with Crippen molar-refractivity contribution in [2.75, 3.05) is 11.9 Å². The van der Waals surface area contributed by atoms with Crippen LogP contribution >= 0.6 is 34.3 Å². The predicted molar refractivity (Wildman–Crippen MR) is 110 cm³/mol. The predicted octanol–water partition coefficient (Wildman–Crippen LogP) is 4.77. The number of likely N-dealkylation sites (tertiary alicyclic amines) is 1. The number of carbonyl (C=O) groups excluding carboxylic acids is 2. The summed E-state index contributed by atoms with van der Waals surface area (Å²) >= 11 is 8.95. The molecule has 1 aliphatic heterocycles. The summed E-state index contributed by atoms with van der Waals surface area (Å²) in [6.07, 6.45) is 1.48. The maximum atomic E-state index is 12.8. The van der Waals surface area contributed by atoms with Crippen molar-refractivity contribution in [1.82, 2.24) is 9.88 Å². The second-order valence-electron chi connectivity index (χ2n) is 6.14. The maximum Gasteiger partial charge on any atom is 0.264 e. The molecule has 27 heavy (non-hydrogen) atoms. The zero-order valence-corrected chi connectivity index (χ0v) is 16.6. The molecule has 2 amide bonds. The van der Waals surface area contributed by atoms with Gasteiger partial charge in [-0.3, -0.25) is 9.59 Å². The molecule has 138 valence electrons. The molecule has 1 atom stereocenters. The first-order valence-corrected chi connectivity index (χ1v) is 10.6. The van der Waals surface area contributed by atoms with Crippen LogP contribution in [0.25, 0.3) is 11.3 Å². The van der Waals surface area contributed by atoms with Crippen molar-refractivity contribution in [3.05, 3.63) is 57.1 Å². The molecule has 4 rings (SSSR count). The summed E-state index contributed by atoms with van der Waals surface area (Å²) in [6.45, 7) is 0.595. The first kappa shape index (κ1) is 18.2. The molecular formula is C19H16ClN3O2S2. The number of amides is 2. The van der Waals surface area contributed by atoms with E-state index in [-0.39, 0.29) is 11.8 Å². The highest BCUT2D eigenvalue weighted by Crippen LogP contribution is 2.31. The standard InChI is InChI=1S/C19H16ClN3O2S2/c20-13-6-2-1-5-12(13)14-11-27-19(21-14)22-17(24)15-7-3-9-23(15)18(25)16-8-4-10-26-16/h1-2,4-6,8,10-11,15H,3,7,9H2,(H,21,22,24)/t15-/m0/s1. The number of thiazole rings is 1. The molecule has 1 aliphatic rings. The summed E-state index contributed by atoms with van der Waals surface area (Å²) in [4.78, 5) is 32.2. The molecule has 1 N–H and O–H groups in total. The zero-order chi connectivity index (χ0) is 18.8. The first-order chi connectivity index (χ1) is 13.1. The smallest absolute Gasteiger partial charge is 0.264 e. The minimum Gasteiger partial charge on any atom is -0.326 e. The maximum absolute atomic E-state index is 12.8. The summed E-state index contributed by atoms with van der Waals surface area (Å²) in [6, 6.07) is 10.6. The number of aromatic nitrogens is 1. The number of rotatable bonds is 4. The number of carbonyl (C=O) groups is 2. The van der Waals surface area contributed by atoms with Crippen LogP contribution in [0.4, 0.5) is 5.13 Å². The molecule has 0 spiro atoms. The third-order valence-electron chi connectivity index (χ3n) is 4.43. The molecule has 1 aromatic carbocycles. The van der Waals surface area contributed by atoms with Gasteiger partial charge in [0.1, 0.15) is 6.04 Å². The zero-order valence-electron chi connectivity index (χ0n) is 14.2. The topological polar surface area (TPSA) is 62.3 Å². The van der Waals surface area contributed by atoms with E-state index in [9.17, 15) is 9.59 Å². The minimum atomic E-state index is -0.465. The van der Waals surface area contributed by atoms with Crippen molar-refractivity contribution in [2.45, 2.75) is 18.9 Å². The van der Waals surface area contributed by atoms with Gasteiger partial charge >= 0.3 is 0 Å². The Morgan fingerprint density at radius 2 is 2.04 bits per heavy atom. The van der Waals surface area contributed by atoms with Crippen molar-refractivity contribution in [3.63, 3.8) is 0 Å². The van der Waals surface area contributed by atoms with E-state index in [4.69, 9.17) is 11.6 Å². The minimum absolute atomic E-state index is 0.0847. The molecule has 0 radical (unpaired) electrons. The van der Waals surface area contributed by atoms with Crippen LogP contribution in [0.15, 0.2) is 47.2 Å². The normalized spacial score (nSPS) is 16.5. The number of thiophene rings is 1. The number of hydrogen-bond donors (Lipinski definition) is 1. The largest absolute Gasteiger partial charge is 0.326 e. The molecule has 8 heteroatoms. The van der Waals surface area contributed by atoms with E-state index in [2.05, 4.69) is 10.3 Å². The van der Waals surface area contributed by atoms with Crippen LogP contribution in [-0.4, -0.2) is 34.3 Å². The summed E-state index contributed by atoms with van der Waals surface area (Å²) in [5, 5.41) is 7.70. The molecular weight excluding hydrogens is 402 g/mol. The van der Waals surface area contributed by atoms with E-state index < -0.39 is 6.04 Å². The van der Waals surface area contributed by atoms with E-state index in [1.807, 2.05) is 35.0 Å². The number of benzene rings is 1. The Morgan fingerprint density at radius 1 is 1.19 bits per heavy atom. The third kappa shape index (κ3) is 3.76. The third-order valence-corrected chi connectivity index (χ3v) is 6.38. The lowest BCUT2D eigenvalue weighted by molar-refractivity contribution is -0.119. The van der Waals surface area contributed by atoms with Crippen molar-refractivity contribution in [1.29, 1.82) is 0 Å². The Bertz CT molecular complexity index is 971.